The first-order valence-electron chi connectivity index (χ1n) is 8.31. The second kappa shape index (κ2) is 7.32. The number of hydrogen-bond acceptors (Lipinski definition) is 4. The average Bonchev–Trinajstić information content (AvgIpc) is 2.52. The van der Waals surface area contributed by atoms with Gasteiger partial charge in [-0.1, -0.05) is 37.3 Å². The Morgan fingerprint density at radius 1 is 1.25 bits per heavy atom. The van der Waals surface area contributed by atoms with Gasteiger partial charge in [0.05, 0.1) is 24.2 Å². The number of carbonyl (C=O) groups is 1. The van der Waals surface area contributed by atoms with Crippen molar-refractivity contribution in [2.24, 2.45) is 0 Å². The number of hydrogen-bond donors (Lipinski definition) is 1. The standard InChI is InChI=1S/C20H26O4/c1-5-13-23-20(24-19(2,3)4)12-11-16(17(21)14-20)18(22)15-9-7-6-8-10-15/h6-12,21H,5,13-14H2,1-4H3. The van der Waals surface area contributed by atoms with Gasteiger partial charge in [-0.15, -0.1) is 0 Å². The van der Waals surface area contributed by atoms with E-state index in [0.717, 1.165) is 6.42 Å². The van der Waals surface area contributed by atoms with E-state index in [0.29, 0.717) is 12.2 Å². The van der Waals surface area contributed by atoms with Gasteiger partial charge >= 0.3 is 0 Å². The summed E-state index contributed by atoms with van der Waals surface area (Å²) in [5.41, 5.74) is 0.385. The highest BCUT2D eigenvalue weighted by Gasteiger charge is 2.39. The highest BCUT2D eigenvalue weighted by molar-refractivity contribution is 6.11. The number of aliphatic hydroxyl groups is 1. The molecule has 0 spiro atoms. The van der Waals surface area contributed by atoms with Crippen LogP contribution in [0.15, 0.2) is 53.8 Å². The fourth-order valence-electron chi connectivity index (χ4n) is 2.64. The van der Waals surface area contributed by atoms with E-state index in [4.69, 9.17) is 9.47 Å². The van der Waals surface area contributed by atoms with Crippen molar-refractivity contribution in [3.05, 3.63) is 59.4 Å². The molecule has 1 aliphatic carbocycles. The Balaban J connectivity index is 2.26. The Kier molecular flexibility index (Phi) is 5.62. The van der Waals surface area contributed by atoms with Crippen molar-refractivity contribution < 1.29 is 19.4 Å². The van der Waals surface area contributed by atoms with Gasteiger partial charge in [-0.05, 0) is 39.3 Å². The van der Waals surface area contributed by atoms with Crippen LogP contribution in [0.1, 0.15) is 50.9 Å². The Labute approximate surface area is 143 Å². The third-order valence-corrected chi connectivity index (χ3v) is 3.54. The molecule has 1 aromatic carbocycles. The molecule has 1 unspecified atom stereocenters. The molecule has 1 atom stereocenters. The molecule has 0 aliphatic heterocycles. The Morgan fingerprint density at radius 3 is 2.46 bits per heavy atom. The summed E-state index contributed by atoms with van der Waals surface area (Å²) in [5, 5.41) is 10.5. The number of carbonyl (C=O) groups excluding carboxylic acids is 1. The predicted molar refractivity (Wildman–Crippen MR) is 94.0 cm³/mol. The summed E-state index contributed by atoms with van der Waals surface area (Å²) in [6.45, 7) is 8.32. The van der Waals surface area contributed by atoms with Gasteiger partial charge in [-0.2, -0.15) is 0 Å². The van der Waals surface area contributed by atoms with Crippen molar-refractivity contribution in [1.82, 2.24) is 0 Å². The quantitative estimate of drug-likeness (QED) is 0.613. The molecule has 0 fully saturated rings. The molecular formula is C20H26O4. The molecule has 0 amide bonds. The first kappa shape index (κ1) is 18.4. The van der Waals surface area contributed by atoms with Gasteiger partial charge in [0.15, 0.2) is 11.6 Å². The second-order valence-electron chi connectivity index (χ2n) is 6.94. The lowest BCUT2D eigenvalue weighted by atomic mass is 9.93. The van der Waals surface area contributed by atoms with Crippen LogP contribution in [-0.4, -0.2) is 28.9 Å². The summed E-state index contributed by atoms with van der Waals surface area (Å²) < 4.78 is 11.9. The van der Waals surface area contributed by atoms with Gasteiger partial charge in [0.1, 0.15) is 5.76 Å². The van der Waals surface area contributed by atoms with Crippen LogP contribution < -0.4 is 0 Å². The molecule has 0 saturated carbocycles. The molecule has 0 saturated heterocycles. The second-order valence-corrected chi connectivity index (χ2v) is 6.94. The number of rotatable bonds is 6. The summed E-state index contributed by atoms with van der Waals surface area (Å²) in [5.74, 6) is -1.25. The molecule has 2 rings (SSSR count). The lowest BCUT2D eigenvalue weighted by Gasteiger charge is -2.38. The van der Waals surface area contributed by atoms with Crippen molar-refractivity contribution in [2.75, 3.05) is 6.61 Å². The average molecular weight is 330 g/mol. The van der Waals surface area contributed by atoms with E-state index in [1.807, 2.05) is 33.8 Å². The number of benzene rings is 1. The van der Waals surface area contributed by atoms with Crippen LogP contribution in [0.5, 0.6) is 0 Å². The van der Waals surface area contributed by atoms with Crippen molar-refractivity contribution in [3.63, 3.8) is 0 Å². The van der Waals surface area contributed by atoms with Crippen molar-refractivity contribution in [1.29, 1.82) is 0 Å². The number of Topliss-reactive ketones (excluding diaryl/α,β-unsaturated/α-hetero) is 1. The van der Waals surface area contributed by atoms with Gasteiger partial charge in [0.2, 0.25) is 0 Å². The highest BCUT2D eigenvalue weighted by Crippen LogP contribution is 2.35. The SMILES string of the molecule is CCCOC1(OC(C)(C)C)C=CC(C(=O)c2ccccc2)=C(O)C1. The minimum Gasteiger partial charge on any atom is -0.511 e. The fraction of sp³-hybridized carbons (Fsp3) is 0.450. The number of allylic oxidation sites excluding steroid dienone is 2. The van der Waals surface area contributed by atoms with Crippen molar-refractivity contribution >= 4 is 5.78 Å². The Hall–Kier alpha value is -1.91. The molecule has 0 radical (unpaired) electrons. The van der Waals surface area contributed by atoms with Crippen LogP contribution in [0.2, 0.25) is 0 Å². The first-order chi connectivity index (χ1) is 11.3. The zero-order valence-corrected chi connectivity index (χ0v) is 14.8. The van der Waals surface area contributed by atoms with Crippen molar-refractivity contribution in [3.8, 4) is 0 Å². The third kappa shape index (κ3) is 4.56. The lowest BCUT2D eigenvalue weighted by molar-refractivity contribution is -0.251. The lowest BCUT2D eigenvalue weighted by Crippen LogP contribution is -2.43. The van der Waals surface area contributed by atoms with E-state index in [1.165, 1.54) is 0 Å². The van der Waals surface area contributed by atoms with Gasteiger partial charge in [0.25, 0.3) is 0 Å². The Morgan fingerprint density at radius 2 is 1.92 bits per heavy atom. The summed E-state index contributed by atoms with van der Waals surface area (Å²) in [6.07, 6.45) is 4.30. The minimum absolute atomic E-state index is 0.00768. The monoisotopic (exact) mass is 330 g/mol. The van der Waals surface area contributed by atoms with Crippen LogP contribution in [0.4, 0.5) is 0 Å². The van der Waals surface area contributed by atoms with Crippen molar-refractivity contribution in [2.45, 2.75) is 51.9 Å². The van der Waals surface area contributed by atoms with Crippen LogP contribution in [0, 0.1) is 0 Å². The molecular weight excluding hydrogens is 304 g/mol. The number of aliphatic hydroxyl groups excluding tert-OH is 1. The van der Waals surface area contributed by atoms with E-state index in [1.54, 1.807) is 36.4 Å². The molecule has 1 aromatic rings. The minimum atomic E-state index is -1.04. The number of ether oxygens (including phenoxy) is 2. The summed E-state index contributed by atoms with van der Waals surface area (Å²) >= 11 is 0. The summed E-state index contributed by atoms with van der Waals surface area (Å²) in [6, 6.07) is 8.92. The molecule has 4 heteroatoms. The largest absolute Gasteiger partial charge is 0.511 e. The van der Waals surface area contributed by atoms with Gasteiger partial charge in [0, 0.05) is 5.56 Å². The molecule has 24 heavy (non-hydrogen) atoms. The van der Waals surface area contributed by atoms with Crippen LogP contribution in [0.25, 0.3) is 0 Å². The fourth-order valence-corrected chi connectivity index (χ4v) is 2.64. The predicted octanol–water partition coefficient (Wildman–Crippen LogP) is 4.58. The molecule has 0 aromatic heterocycles. The molecule has 0 bridgehead atoms. The maximum absolute atomic E-state index is 12.6. The van der Waals surface area contributed by atoms with E-state index in [-0.39, 0.29) is 23.5 Å². The van der Waals surface area contributed by atoms with E-state index < -0.39 is 11.4 Å². The smallest absolute Gasteiger partial charge is 0.196 e. The third-order valence-electron chi connectivity index (χ3n) is 3.54. The van der Waals surface area contributed by atoms with Crippen LogP contribution in [-0.2, 0) is 9.47 Å². The van der Waals surface area contributed by atoms with Gasteiger partial charge < -0.3 is 14.6 Å². The molecule has 1 aliphatic rings. The summed E-state index contributed by atoms with van der Waals surface area (Å²) in [4.78, 5) is 12.6. The zero-order chi connectivity index (χ0) is 17.8. The first-order valence-corrected chi connectivity index (χ1v) is 8.31. The summed E-state index contributed by atoms with van der Waals surface area (Å²) in [7, 11) is 0. The van der Waals surface area contributed by atoms with Crippen LogP contribution >= 0.6 is 0 Å². The highest BCUT2D eigenvalue weighted by atomic mass is 16.7. The zero-order valence-electron chi connectivity index (χ0n) is 14.8. The maximum atomic E-state index is 12.6. The molecule has 1 N–H and O–H groups in total. The van der Waals surface area contributed by atoms with E-state index in [9.17, 15) is 9.90 Å². The van der Waals surface area contributed by atoms with Crippen LogP contribution in [0.3, 0.4) is 0 Å². The number of ketones is 1. The van der Waals surface area contributed by atoms with E-state index in [2.05, 4.69) is 0 Å². The molecule has 4 nitrogen and oxygen atoms in total. The molecule has 0 heterocycles. The normalized spacial score (nSPS) is 21.2. The topological polar surface area (TPSA) is 55.8 Å². The maximum Gasteiger partial charge on any atom is 0.196 e. The Bertz CT molecular complexity index is 637. The van der Waals surface area contributed by atoms with Gasteiger partial charge in [-0.25, -0.2) is 0 Å². The van der Waals surface area contributed by atoms with E-state index >= 15 is 0 Å². The molecule has 130 valence electrons. The van der Waals surface area contributed by atoms with Gasteiger partial charge in [-0.3, -0.25) is 4.79 Å².